The highest BCUT2D eigenvalue weighted by Crippen LogP contribution is 2.21. The Labute approximate surface area is 130 Å². The quantitative estimate of drug-likeness (QED) is 0.465. The summed E-state index contributed by atoms with van der Waals surface area (Å²) >= 11 is 0. The summed E-state index contributed by atoms with van der Waals surface area (Å²) in [5.41, 5.74) is 1.21. The van der Waals surface area contributed by atoms with Gasteiger partial charge in [-0.25, -0.2) is 4.39 Å². The predicted molar refractivity (Wildman–Crippen MR) is 90.0 cm³/mol. The van der Waals surface area contributed by atoms with Gasteiger partial charge in [0.15, 0.2) is 0 Å². The summed E-state index contributed by atoms with van der Waals surface area (Å²) in [6.45, 7) is 5.35. The number of rotatable bonds is 12. The molecule has 2 heteroatoms. The van der Waals surface area contributed by atoms with E-state index in [1.165, 1.54) is 56.9 Å². The van der Waals surface area contributed by atoms with Crippen molar-refractivity contribution in [1.29, 1.82) is 0 Å². The highest BCUT2D eigenvalue weighted by molar-refractivity contribution is 5.19. The van der Waals surface area contributed by atoms with Gasteiger partial charge < -0.3 is 5.32 Å². The summed E-state index contributed by atoms with van der Waals surface area (Å²) in [7, 11) is 0. The third-order valence-corrected chi connectivity index (χ3v) is 4.07. The molecule has 0 aromatic heterocycles. The molecule has 0 aliphatic carbocycles. The number of hydrogen-bond donors (Lipinski definition) is 1. The average molecular weight is 293 g/mol. The van der Waals surface area contributed by atoms with Crippen LogP contribution in [0.5, 0.6) is 0 Å². The van der Waals surface area contributed by atoms with Crippen molar-refractivity contribution in [1.82, 2.24) is 5.32 Å². The molecule has 1 N–H and O–H groups in total. The van der Waals surface area contributed by atoms with Gasteiger partial charge in [-0.15, -0.1) is 0 Å². The van der Waals surface area contributed by atoms with Crippen molar-refractivity contribution < 1.29 is 4.39 Å². The van der Waals surface area contributed by atoms with Gasteiger partial charge in [-0.05, 0) is 30.7 Å². The minimum absolute atomic E-state index is 0.152. The number of hydrogen-bond acceptors (Lipinski definition) is 1. The molecule has 21 heavy (non-hydrogen) atoms. The maximum Gasteiger partial charge on any atom is 0.123 e. The first kappa shape index (κ1) is 18.2. The number of benzene rings is 1. The maximum absolute atomic E-state index is 13.0. The molecule has 1 nitrogen and oxygen atoms in total. The van der Waals surface area contributed by atoms with E-state index in [0.29, 0.717) is 6.04 Å². The molecule has 0 heterocycles. The van der Waals surface area contributed by atoms with Crippen LogP contribution >= 0.6 is 0 Å². The minimum Gasteiger partial charge on any atom is -0.310 e. The molecule has 1 aromatic rings. The van der Waals surface area contributed by atoms with Crippen LogP contribution in [0.2, 0.25) is 0 Å². The van der Waals surface area contributed by atoms with Crippen molar-refractivity contribution in [2.24, 2.45) is 0 Å². The van der Waals surface area contributed by atoms with Crippen molar-refractivity contribution in [2.75, 3.05) is 6.54 Å². The number of halogens is 1. The number of unbranched alkanes of at least 4 members (excludes halogenated alkanes) is 7. The summed E-state index contributed by atoms with van der Waals surface area (Å²) in [5, 5.41) is 3.51. The lowest BCUT2D eigenvalue weighted by Crippen LogP contribution is -2.20. The Morgan fingerprint density at radius 3 is 2.00 bits per heavy atom. The van der Waals surface area contributed by atoms with Gasteiger partial charge in [-0.1, -0.05) is 77.3 Å². The molecule has 1 aromatic carbocycles. The van der Waals surface area contributed by atoms with Crippen LogP contribution in [-0.4, -0.2) is 6.54 Å². The van der Waals surface area contributed by atoms with Gasteiger partial charge in [-0.2, -0.15) is 0 Å². The SMILES string of the molecule is CCCCCCCCCCC(NCC)c1ccc(F)cc1. The third-order valence-electron chi connectivity index (χ3n) is 4.07. The first-order valence-electron chi connectivity index (χ1n) is 8.76. The fraction of sp³-hybridized carbons (Fsp3) is 0.684. The molecule has 0 fully saturated rings. The second-order valence-corrected chi connectivity index (χ2v) is 5.93. The molecule has 120 valence electrons. The Morgan fingerprint density at radius 2 is 1.43 bits per heavy atom. The van der Waals surface area contributed by atoms with E-state index in [9.17, 15) is 4.39 Å². The lowest BCUT2D eigenvalue weighted by molar-refractivity contribution is 0.474. The molecule has 0 radical (unpaired) electrons. The standard InChI is InChI=1S/C19H32FN/c1-3-5-6-7-8-9-10-11-12-19(21-4-2)17-13-15-18(20)16-14-17/h13-16,19,21H,3-12H2,1-2H3. The Kier molecular flexibility index (Phi) is 10.1. The molecule has 1 atom stereocenters. The molecular formula is C19H32FN. The molecule has 1 unspecified atom stereocenters. The van der Waals surface area contributed by atoms with Crippen LogP contribution in [-0.2, 0) is 0 Å². The Balaban J connectivity index is 2.21. The van der Waals surface area contributed by atoms with E-state index in [0.717, 1.165) is 13.0 Å². The van der Waals surface area contributed by atoms with Crippen LogP contribution < -0.4 is 5.32 Å². The summed E-state index contributed by atoms with van der Waals surface area (Å²) < 4.78 is 13.0. The zero-order chi connectivity index (χ0) is 15.3. The average Bonchev–Trinajstić information content (AvgIpc) is 2.50. The van der Waals surface area contributed by atoms with Crippen LogP contribution in [0.3, 0.4) is 0 Å². The Bertz CT molecular complexity index is 347. The summed E-state index contributed by atoms with van der Waals surface area (Å²) in [4.78, 5) is 0. The van der Waals surface area contributed by atoms with E-state index >= 15 is 0 Å². The Hall–Kier alpha value is -0.890. The first-order valence-corrected chi connectivity index (χ1v) is 8.76. The van der Waals surface area contributed by atoms with Gasteiger partial charge in [0, 0.05) is 6.04 Å². The fourth-order valence-electron chi connectivity index (χ4n) is 2.81. The summed E-state index contributed by atoms with van der Waals surface area (Å²) in [5.74, 6) is -0.152. The second kappa shape index (κ2) is 11.7. The van der Waals surface area contributed by atoms with E-state index in [-0.39, 0.29) is 5.82 Å². The fourth-order valence-corrected chi connectivity index (χ4v) is 2.81. The monoisotopic (exact) mass is 293 g/mol. The highest BCUT2D eigenvalue weighted by Gasteiger charge is 2.09. The molecular weight excluding hydrogens is 261 g/mol. The van der Waals surface area contributed by atoms with Gasteiger partial charge in [0.25, 0.3) is 0 Å². The topological polar surface area (TPSA) is 12.0 Å². The molecule has 0 spiro atoms. The lowest BCUT2D eigenvalue weighted by atomic mass is 9.99. The molecule has 0 amide bonds. The second-order valence-electron chi connectivity index (χ2n) is 5.93. The van der Waals surface area contributed by atoms with Crippen LogP contribution in [0.15, 0.2) is 24.3 Å². The molecule has 0 bridgehead atoms. The summed E-state index contributed by atoms with van der Waals surface area (Å²) in [6.07, 6.45) is 11.9. The van der Waals surface area contributed by atoms with E-state index < -0.39 is 0 Å². The lowest BCUT2D eigenvalue weighted by Gasteiger charge is -2.18. The maximum atomic E-state index is 13.0. The molecule has 0 aliphatic rings. The highest BCUT2D eigenvalue weighted by atomic mass is 19.1. The zero-order valence-corrected chi connectivity index (χ0v) is 13.8. The van der Waals surface area contributed by atoms with Gasteiger partial charge >= 0.3 is 0 Å². The van der Waals surface area contributed by atoms with E-state index in [2.05, 4.69) is 19.2 Å². The summed E-state index contributed by atoms with van der Waals surface area (Å²) in [6, 6.07) is 7.32. The molecule has 0 aliphatic heterocycles. The van der Waals surface area contributed by atoms with Crippen molar-refractivity contribution in [3.8, 4) is 0 Å². The zero-order valence-electron chi connectivity index (χ0n) is 13.8. The van der Waals surface area contributed by atoms with Gasteiger partial charge in [0.2, 0.25) is 0 Å². The minimum atomic E-state index is -0.152. The molecule has 0 saturated carbocycles. The van der Waals surface area contributed by atoms with E-state index in [4.69, 9.17) is 0 Å². The van der Waals surface area contributed by atoms with Crippen molar-refractivity contribution >= 4 is 0 Å². The van der Waals surface area contributed by atoms with Crippen LogP contribution in [0.25, 0.3) is 0 Å². The van der Waals surface area contributed by atoms with E-state index in [1.54, 1.807) is 12.1 Å². The molecule has 0 saturated heterocycles. The van der Waals surface area contributed by atoms with Crippen LogP contribution in [0.4, 0.5) is 4.39 Å². The van der Waals surface area contributed by atoms with Crippen LogP contribution in [0, 0.1) is 5.82 Å². The van der Waals surface area contributed by atoms with Gasteiger partial charge in [0.05, 0.1) is 0 Å². The predicted octanol–water partition coefficient (Wildman–Crippen LogP) is 6.01. The third kappa shape index (κ3) is 8.21. The molecule has 1 rings (SSSR count). The van der Waals surface area contributed by atoms with Gasteiger partial charge in [-0.3, -0.25) is 0 Å². The smallest absolute Gasteiger partial charge is 0.123 e. The Morgan fingerprint density at radius 1 is 0.857 bits per heavy atom. The van der Waals surface area contributed by atoms with Crippen molar-refractivity contribution in [2.45, 2.75) is 77.7 Å². The normalized spacial score (nSPS) is 12.5. The van der Waals surface area contributed by atoms with Gasteiger partial charge in [0.1, 0.15) is 5.82 Å². The number of nitrogens with one attached hydrogen (secondary N) is 1. The van der Waals surface area contributed by atoms with E-state index in [1.807, 2.05) is 12.1 Å². The van der Waals surface area contributed by atoms with Crippen molar-refractivity contribution in [3.05, 3.63) is 35.6 Å². The van der Waals surface area contributed by atoms with Crippen LogP contribution in [0.1, 0.15) is 83.2 Å². The van der Waals surface area contributed by atoms with Crippen molar-refractivity contribution in [3.63, 3.8) is 0 Å². The largest absolute Gasteiger partial charge is 0.310 e. The first-order chi connectivity index (χ1) is 10.3.